The number of nitrogens with zero attached hydrogens (tertiary/aromatic N) is 7. The Labute approximate surface area is 183 Å². The predicted octanol–water partition coefficient (Wildman–Crippen LogP) is 3.29. The van der Waals surface area contributed by atoms with Crippen molar-refractivity contribution in [2.24, 2.45) is 15.0 Å². The van der Waals surface area contributed by atoms with Gasteiger partial charge in [0.05, 0.1) is 36.7 Å². The number of pyridine rings is 3. The standard InChI is InChI=1S/C24H27N7/c1-4-10-28-22(7-1)19-25-13-16-31(17-14-26-20-23-8-2-5-11-29-23)18-15-27-21-24-9-3-6-12-30-24/h1-15H,16-21H2. The molecule has 0 saturated carbocycles. The fraction of sp³-hybridized carbons (Fsp3) is 0.250. The normalized spacial score (nSPS) is 11.9. The molecule has 0 N–H and O–H groups in total. The van der Waals surface area contributed by atoms with Crippen LogP contribution in [0.15, 0.2) is 88.2 Å². The fourth-order valence-electron chi connectivity index (χ4n) is 2.69. The quantitative estimate of drug-likeness (QED) is 0.427. The maximum absolute atomic E-state index is 4.49. The largest absolute Gasteiger partial charge is 0.290 e. The molecule has 0 spiro atoms. The third-order valence-corrected chi connectivity index (χ3v) is 4.35. The second kappa shape index (κ2) is 13.6. The van der Waals surface area contributed by atoms with Gasteiger partial charge in [0, 0.05) is 56.9 Å². The SMILES string of the molecule is C(CN(CC=NCc1ccccn1)CC=NCc1ccccn1)=NCc1ccccn1. The molecule has 0 aliphatic carbocycles. The van der Waals surface area contributed by atoms with Gasteiger partial charge in [-0.3, -0.25) is 34.8 Å². The van der Waals surface area contributed by atoms with E-state index >= 15 is 0 Å². The summed E-state index contributed by atoms with van der Waals surface area (Å²) in [5, 5.41) is 0. The summed E-state index contributed by atoms with van der Waals surface area (Å²) in [7, 11) is 0. The molecule has 3 aromatic rings. The number of hydrogen-bond acceptors (Lipinski definition) is 7. The van der Waals surface area contributed by atoms with Gasteiger partial charge in [0.1, 0.15) is 0 Å². The second-order valence-electron chi connectivity index (χ2n) is 6.75. The third-order valence-electron chi connectivity index (χ3n) is 4.35. The highest BCUT2D eigenvalue weighted by atomic mass is 15.1. The van der Waals surface area contributed by atoms with Crippen LogP contribution >= 0.6 is 0 Å². The van der Waals surface area contributed by atoms with Gasteiger partial charge in [-0.1, -0.05) is 18.2 Å². The number of hydrogen-bond donors (Lipinski definition) is 0. The van der Waals surface area contributed by atoms with Crippen molar-refractivity contribution in [3.8, 4) is 0 Å². The summed E-state index contributed by atoms with van der Waals surface area (Å²) in [5.74, 6) is 0. The van der Waals surface area contributed by atoms with Crippen molar-refractivity contribution < 1.29 is 0 Å². The van der Waals surface area contributed by atoms with E-state index in [0.717, 1.165) is 17.1 Å². The first-order chi connectivity index (χ1) is 15.4. The Morgan fingerprint density at radius 3 is 1.19 bits per heavy atom. The van der Waals surface area contributed by atoms with Crippen LogP contribution in [0.3, 0.4) is 0 Å². The van der Waals surface area contributed by atoms with Crippen LogP contribution in [-0.2, 0) is 19.6 Å². The second-order valence-corrected chi connectivity index (χ2v) is 6.75. The van der Waals surface area contributed by atoms with Gasteiger partial charge in [-0.05, 0) is 36.4 Å². The van der Waals surface area contributed by atoms with E-state index in [0.29, 0.717) is 39.3 Å². The molecule has 3 rings (SSSR count). The Morgan fingerprint density at radius 1 is 0.548 bits per heavy atom. The van der Waals surface area contributed by atoms with Crippen molar-refractivity contribution in [1.82, 2.24) is 19.9 Å². The molecule has 0 aromatic carbocycles. The molecule has 0 radical (unpaired) electrons. The van der Waals surface area contributed by atoms with Gasteiger partial charge in [-0.25, -0.2) is 0 Å². The van der Waals surface area contributed by atoms with Crippen LogP contribution in [0.1, 0.15) is 17.1 Å². The molecular weight excluding hydrogens is 386 g/mol. The number of rotatable bonds is 12. The Balaban J connectivity index is 1.49. The zero-order valence-electron chi connectivity index (χ0n) is 17.5. The molecule has 3 aromatic heterocycles. The van der Waals surface area contributed by atoms with E-state index in [1.54, 1.807) is 18.6 Å². The van der Waals surface area contributed by atoms with E-state index in [9.17, 15) is 0 Å². The Morgan fingerprint density at radius 2 is 0.903 bits per heavy atom. The van der Waals surface area contributed by atoms with Crippen LogP contribution in [-0.4, -0.2) is 58.1 Å². The van der Waals surface area contributed by atoms with Crippen LogP contribution < -0.4 is 0 Å². The number of aromatic nitrogens is 3. The molecule has 0 unspecified atom stereocenters. The molecule has 0 amide bonds. The van der Waals surface area contributed by atoms with Crippen molar-refractivity contribution >= 4 is 18.6 Å². The zero-order chi connectivity index (χ0) is 21.4. The first kappa shape index (κ1) is 22.1. The van der Waals surface area contributed by atoms with E-state index in [1.807, 2.05) is 73.2 Å². The lowest BCUT2D eigenvalue weighted by Gasteiger charge is -2.15. The topological polar surface area (TPSA) is 79.0 Å². The van der Waals surface area contributed by atoms with Gasteiger partial charge in [0.15, 0.2) is 0 Å². The molecule has 3 heterocycles. The van der Waals surface area contributed by atoms with E-state index in [2.05, 4.69) is 34.8 Å². The molecule has 158 valence electrons. The maximum Gasteiger partial charge on any atom is 0.0808 e. The monoisotopic (exact) mass is 413 g/mol. The summed E-state index contributed by atoms with van der Waals surface area (Å²) in [6.07, 6.45) is 11.1. The van der Waals surface area contributed by atoms with E-state index in [1.165, 1.54) is 0 Å². The fourth-order valence-corrected chi connectivity index (χ4v) is 2.69. The molecule has 7 heteroatoms. The van der Waals surface area contributed by atoms with Crippen LogP contribution in [0.25, 0.3) is 0 Å². The average molecular weight is 414 g/mol. The van der Waals surface area contributed by atoms with Gasteiger partial charge in [-0.2, -0.15) is 0 Å². The summed E-state index contributed by atoms with van der Waals surface area (Å²) < 4.78 is 0. The van der Waals surface area contributed by atoms with Crippen molar-refractivity contribution in [2.75, 3.05) is 19.6 Å². The lowest BCUT2D eigenvalue weighted by molar-refractivity contribution is 0.414. The first-order valence-electron chi connectivity index (χ1n) is 10.3. The van der Waals surface area contributed by atoms with Gasteiger partial charge < -0.3 is 0 Å². The minimum absolute atomic E-state index is 0.580. The van der Waals surface area contributed by atoms with E-state index < -0.39 is 0 Å². The summed E-state index contributed by atoms with van der Waals surface area (Å²) in [4.78, 5) is 28.6. The van der Waals surface area contributed by atoms with Crippen molar-refractivity contribution in [3.05, 3.63) is 90.3 Å². The average Bonchev–Trinajstić information content (AvgIpc) is 2.83. The van der Waals surface area contributed by atoms with E-state index in [4.69, 9.17) is 0 Å². The summed E-state index contributed by atoms with van der Waals surface area (Å²) in [6, 6.07) is 17.6. The van der Waals surface area contributed by atoms with Crippen LogP contribution in [0.2, 0.25) is 0 Å². The molecule has 0 saturated heterocycles. The van der Waals surface area contributed by atoms with Crippen LogP contribution in [0, 0.1) is 0 Å². The molecule has 0 bridgehead atoms. The zero-order valence-corrected chi connectivity index (χ0v) is 17.5. The third kappa shape index (κ3) is 9.18. The molecule has 0 atom stereocenters. The van der Waals surface area contributed by atoms with Gasteiger partial charge in [0.2, 0.25) is 0 Å². The molecule has 7 nitrogen and oxygen atoms in total. The lowest BCUT2D eigenvalue weighted by atomic mass is 10.3. The first-order valence-corrected chi connectivity index (χ1v) is 10.3. The van der Waals surface area contributed by atoms with Crippen LogP contribution in [0.4, 0.5) is 0 Å². The molecular formula is C24H27N7. The van der Waals surface area contributed by atoms with Crippen molar-refractivity contribution in [2.45, 2.75) is 19.6 Å². The highest BCUT2D eigenvalue weighted by molar-refractivity contribution is 5.66. The Kier molecular flexibility index (Phi) is 9.71. The predicted molar refractivity (Wildman–Crippen MR) is 126 cm³/mol. The van der Waals surface area contributed by atoms with Crippen LogP contribution in [0.5, 0.6) is 0 Å². The Bertz CT molecular complexity index is 814. The van der Waals surface area contributed by atoms with Gasteiger partial charge >= 0.3 is 0 Å². The molecule has 0 aliphatic heterocycles. The maximum atomic E-state index is 4.49. The minimum atomic E-state index is 0.580. The Hall–Kier alpha value is -3.58. The van der Waals surface area contributed by atoms with Gasteiger partial charge in [0.25, 0.3) is 0 Å². The van der Waals surface area contributed by atoms with Crippen molar-refractivity contribution in [3.63, 3.8) is 0 Å². The molecule has 31 heavy (non-hydrogen) atoms. The lowest BCUT2D eigenvalue weighted by Crippen LogP contribution is -2.29. The van der Waals surface area contributed by atoms with E-state index in [-0.39, 0.29) is 0 Å². The highest BCUT2D eigenvalue weighted by Crippen LogP contribution is 1.97. The highest BCUT2D eigenvalue weighted by Gasteiger charge is 2.00. The summed E-state index contributed by atoms with van der Waals surface area (Å²) in [5.41, 5.74) is 2.87. The van der Waals surface area contributed by atoms with Crippen molar-refractivity contribution in [1.29, 1.82) is 0 Å². The van der Waals surface area contributed by atoms with Gasteiger partial charge in [-0.15, -0.1) is 0 Å². The number of aliphatic imine (C=N–C) groups is 3. The summed E-state index contributed by atoms with van der Waals surface area (Å²) >= 11 is 0. The molecule has 0 fully saturated rings. The smallest absolute Gasteiger partial charge is 0.0808 e. The summed E-state index contributed by atoms with van der Waals surface area (Å²) in [6.45, 7) is 3.86. The minimum Gasteiger partial charge on any atom is -0.290 e. The molecule has 0 aliphatic rings.